The number of aromatic amines is 1. The maximum atomic E-state index is 14.0. The summed E-state index contributed by atoms with van der Waals surface area (Å²) in [7, 11) is 0. The van der Waals surface area contributed by atoms with E-state index >= 15 is 0 Å². The number of aromatic nitrogens is 2. The lowest BCUT2D eigenvalue weighted by Gasteiger charge is -2.17. The summed E-state index contributed by atoms with van der Waals surface area (Å²) < 4.78 is 27.4. The highest BCUT2D eigenvalue weighted by molar-refractivity contribution is 5.83. The Labute approximate surface area is 145 Å². The average molecular weight is 338 g/mol. The fourth-order valence-electron chi connectivity index (χ4n) is 3.54. The monoisotopic (exact) mass is 338 g/mol. The summed E-state index contributed by atoms with van der Waals surface area (Å²) in [5, 5.41) is 0. The SMILES string of the molecule is Fc1ccc(F)c(-c2ccc3[nH]c(C=CC4CCCCC4)nc3c2)c1. The van der Waals surface area contributed by atoms with Crippen molar-refractivity contribution in [1.82, 2.24) is 9.97 Å². The second-order valence-electron chi connectivity index (χ2n) is 6.74. The Morgan fingerprint density at radius 2 is 1.84 bits per heavy atom. The topological polar surface area (TPSA) is 28.7 Å². The quantitative estimate of drug-likeness (QED) is 0.614. The molecule has 0 atom stereocenters. The van der Waals surface area contributed by atoms with Crippen molar-refractivity contribution in [3.63, 3.8) is 0 Å². The van der Waals surface area contributed by atoms with Gasteiger partial charge in [-0.2, -0.15) is 0 Å². The number of H-pyrrole nitrogens is 1. The summed E-state index contributed by atoms with van der Waals surface area (Å²) in [5.41, 5.74) is 2.52. The van der Waals surface area contributed by atoms with Gasteiger partial charge in [-0.05, 0) is 60.7 Å². The van der Waals surface area contributed by atoms with Crippen LogP contribution in [0, 0.1) is 17.6 Å². The predicted molar refractivity (Wildman–Crippen MR) is 97.1 cm³/mol. The molecule has 1 saturated carbocycles. The third kappa shape index (κ3) is 3.48. The molecule has 0 spiro atoms. The van der Waals surface area contributed by atoms with E-state index in [-0.39, 0.29) is 5.56 Å². The zero-order valence-electron chi connectivity index (χ0n) is 13.9. The number of halogens is 2. The van der Waals surface area contributed by atoms with Crippen LogP contribution in [0.4, 0.5) is 8.78 Å². The number of rotatable bonds is 3. The first kappa shape index (κ1) is 16.0. The number of benzene rings is 2. The zero-order chi connectivity index (χ0) is 17.2. The van der Waals surface area contributed by atoms with Crippen LogP contribution in [-0.4, -0.2) is 9.97 Å². The molecule has 1 fully saturated rings. The van der Waals surface area contributed by atoms with E-state index in [1.54, 1.807) is 12.1 Å². The van der Waals surface area contributed by atoms with Crippen LogP contribution in [0.1, 0.15) is 37.9 Å². The first-order chi connectivity index (χ1) is 12.2. The predicted octanol–water partition coefficient (Wildman–Crippen LogP) is 6.10. The highest BCUT2D eigenvalue weighted by Gasteiger charge is 2.11. The van der Waals surface area contributed by atoms with Crippen molar-refractivity contribution in [2.24, 2.45) is 5.92 Å². The van der Waals surface area contributed by atoms with Crippen molar-refractivity contribution in [2.75, 3.05) is 0 Å². The second kappa shape index (κ2) is 6.79. The van der Waals surface area contributed by atoms with E-state index in [0.29, 0.717) is 11.5 Å². The summed E-state index contributed by atoms with van der Waals surface area (Å²) in [6, 6.07) is 8.93. The van der Waals surface area contributed by atoms with Crippen molar-refractivity contribution in [2.45, 2.75) is 32.1 Å². The van der Waals surface area contributed by atoms with Gasteiger partial charge in [0.2, 0.25) is 0 Å². The molecule has 0 amide bonds. The minimum atomic E-state index is -0.449. The van der Waals surface area contributed by atoms with Crippen molar-refractivity contribution in [1.29, 1.82) is 0 Å². The number of imidazole rings is 1. The summed E-state index contributed by atoms with van der Waals surface area (Å²) >= 11 is 0. The Morgan fingerprint density at radius 3 is 2.68 bits per heavy atom. The maximum Gasteiger partial charge on any atom is 0.131 e. The molecule has 4 heteroatoms. The molecule has 1 heterocycles. The van der Waals surface area contributed by atoms with Crippen molar-refractivity contribution in [3.8, 4) is 11.1 Å². The molecule has 1 aromatic heterocycles. The average Bonchev–Trinajstić information content (AvgIpc) is 3.05. The lowest BCUT2D eigenvalue weighted by atomic mass is 9.89. The number of hydrogen-bond donors (Lipinski definition) is 1. The Balaban J connectivity index is 1.63. The number of nitrogens with zero attached hydrogens (tertiary/aromatic N) is 1. The van der Waals surface area contributed by atoms with Crippen LogP contribution in [0.3, 0.4) is 0 Å². The third-order valence-electron chi connectivity index (χ3n) is 4.92. The second-order valence-corrected chi connectivity index (χ2v) is 6.74. The standard InChI is InChI=1S/C21H20F2N2/c22-16-8-9-18(23)17(13-16)15-7-10-19-20(12-15)25-21(24-19)11-6-14-4-2-1-3-5-14/h6-14H,1-5H2,(H,24,25). The smallest absolute Gasteiger partial charge is 0.131 e. The summed E-state index contributed by atoms with van der Waals surface area (Å²) in [6.07, 6.45) is 10.7. The van der Waals surface area contributed by atoms with Crippen molar-refractivity contribution >= 4 is 17.1 Å². The molecule has 3 aromatic rings. The van der Waals surface area contributed by atoms with E-state index < -0.39 is 11.6 Å². The molecule has 128 valence electrons. The highest BCUT2D eigenvalue weighted by Crippen LogP contribution is 2.28. The summed E-state index contributed by atoms with van der Waals surface area (Å²) in [5.74, 6) is 0.555. The van der Waals surface area contributed by atoms with Gasteiger partial charge in [-0.25, -0.2) is 13.8 Å². The van der Waals surface area contributed by atoms with Crippen LogP contribution in [0.15, 0.2) is 42.5 Å². The Bertz CT molecular complexity index is 921. The van der Waals surface area contributed by atoms with Crippen molar-refractivity contribution in [3.05, 3.63) is 59.9 Å². The van der Waals surface area contributed by atoms with Crippen molar-refractivity contribution < 1.29 is 8.78 Å². The Kier molecular flexibility index (Phi) is 4.35. The molecule has 0 bridgehead atoms. The number of nitrogens with one attached hydrogen (secondary N) is 1. The van der Waals surface area contributed by atoms with Crippen LogP contribution < -0.4 is 0 Å². The van der Waals surface area contributed by atoms with Crippen LogP contribution in [-0.2, 0) is 0 Å². The first-order valence-corrected chi connectivity index (χ1v) is 8.82. The molecule has 1 N–H and O–H groups in total. The van der Waals surface area contributed by atoms with Crippen LogP contribution in [0.25, 0.3) is 28.2 Å². The first-order valence-electron chi connectivity index (χ1n) is 8.82. The van der Waals surface area contributed by atoms with Gasteiger partial charge in [0.15, 0.2) is 0 Å². The molecule has 0 radical (unpaired) electrons. The van der Waals surface area contributed by atoms with Gasteiger partial charge in [-0.1, -0.05) is 31.4 Å². The van der Waals surface area contributed by atoms with E-state index in [1.807, 2.05) is 12.1 Å². The number of hydrogen-bond acceptors (Lipinski definition) is 1. The lowest BCUT2D eigenvalue weighted by molar-refractivity contribution is 0.420. The summed E-state index contributed by atoms with van der Waals surface area (Å²) in [4.78, 5) is 7.85. The number of allylic oxidation sites excluding steroid dienone is 1. The molecule has 2 aromatic carbocycles. The Hall–Kier alpha value is -2.49. The molecule has 4 rings (SSSR count). The van der Waals surface area contributed by atoms with E-state index in [4.69, 9.17) is 0 Å². The van der Waals surface area contributed by atoms with Crippen LogP contribution in [0.5, 0.6) is 0 Å². The minimum Gasteiger partial charge on any atom is -0.338 e. The zero-order valence-corrected chi connectivity index (χ0v) is 13.9. The molecule has 25 heavy (non-hydrogen) atoms. The number of fused-ring (bicyclic) bond motifs is 1. The fraction of sp³-hybridized carbons (Fsp3) is 0.286. The van der Waals surface area contributed by atoms with Crippen LogP contribution >= 0.6 is 0 Å². The molecule has 1 aliphatic rings. The normalized spacial score (nSPS) is 16.1. The molecule has 0 aliphatic heterocycles. The van der Waals surface area contributed by atoms with Gasteiger partial charge in [-0.3, -0.25) is 0 Å². The third-order valence-corrected chi connectivity index (χ3v) is 4.92. The molecule has 2 nitrogen and oxygen atoms in total. The molecule has 0 saturated heterocycles. The molecule has 0 unspecified atom stereocenters. The molecular formula is C21H20F2N2. The van der Waals surface area contributed by atoms with Gasteiger partial charge in [0.05, 0.1) is 11.0 Å². The van der Waals surface area contributed by atoms with E-state index in [1.165, 1.54) is 38.2 Å². The van der Waals surface area contributed by atoms with Gasteiger partial charge < -0.3 is 4.98 Å². The van der Waals surface area contributed by atoms with Gasteiger partial charge in [0.25, 0.3) is 0 Å². The fourth-order valence-corrected chi connectivity index (χ4v) is 3.54. The van der Waals surface area contributed by atoms with Gasteiger partial charge in [-0.15, -0.1) is 0 Å². The molecular weight excluding hydrogens is 318 g/mol. The van der Waals surface area contributed by atoms with E-state index in [9.17, 15) is 8.78 Å². The highest BCUT2D eigenvalue weighted by atomic mass is 19.1. The van der Waals surface area contributed by atoms with E-state index in [0.717, 1.165) is 29.0 Å². The largest absolute Gasteiger partial charge is 0.338 e. The van der Waals surface area contributed by atoms with Gasteiger partial charge in [0.1, 0.15) is 17.5 Å². The summed E-state index contributed by atoms with van der Waals surface area (Å²) in [6.45, 7) is 0. The van der Waals surface area contributed by atoms with E-state index in [2.05, 4.69) is 16.0 Å². The van der Waals surface area contributed by atoms with Crippen LogP contribution in [0.2, 0.25) is 0 Å². The van der Waals surface area contributed by atoms with Gasteiger partial charge >= 0.3 is 0 Å². The minimum absolute atomic E-state index is 0.254. The lowest BCUT2D eigenvalue weighted by Crippen LogP contribution is -2.02. The molecule has 1 aliphatic carbocycles. The van der Waals surface area contributed by atoms with Gasteiger partial charge in [0, 0.05) is 5.56 Å². The Morgan fingerprint density at radius 1 is 1.00 bits per heavy atom. The maximum absolute atomic E-state index is 14.0.